The summed E-state index contributed by atoms with van der Waals surface area (Å²) in [5.41, 5.74) is 5.57. The van der Waals surface area contributed by atoms with Gasteiger partial charge in [-0.05, 0) is 33.9 Å². The van der Waals surface area contributed by atoms with Crippen LogP contribution in [0.5, 0.6) is 0 Å². The van der Waals surface area contributed by atoms with Crippen LogP contribution in [0.15, 0.2) is 72.8 Å². The van der Waals surface area contributed by atoms with Gasteiger partial charge in [-0.25, -0.2) is 0 Å². The second-order valence-corrected chi connectivity index (χ2v) is 8.53. The van der Waals surface area contributed by atoms with Crippen LogP contribution >= 0.6 is 11.6 Å². The Morgan fingerprint density at radius 2 is 1.07 bits per heavy atom. The molecule has 7 rings (SSSR count). The zero-order chi connectivity index (χ0) is 19.7. The maximum atomic E-state index is 13.5. The van der Waals surface area contributed by atoms with Crippen LogP contribution in [-0.2, 0) is 16.1 Å². The van der Waals surface area contributed by atoms with E-state index in [-0.39, 0.29) is 42.0 Å². The molecule has 3 nitrogen and oxygen atoms in total. The van der Waals surface area contributed by atoms with E-state index in [0.29, 0.717) is 5.02 Å². The number of likely N-dealkylation sites (tertiary alicyclic amines) is 1. The Hall–Kier alpha value is -2.91. The second kappa shape index (κ2) is 6.04. The van der Waals surface area contributed by atoms with Gasteiger partial charge in [0.25, 0.3) is 0 Å². The number of imide groups is 1. The van der Waals surface area contributed by atoms with Gasteiger partial charge in [0, 0.05) is 16.9 Å². The number of amides is 2. The van der Waals surface area contributed by atoms with Crippen LogP contribution in [0.3, 0.4) is 0 Å². The number of rotatable bonds is 2. The van der Waals surface area contributed by atoms with Crippen molar-refractivity contribution in [2.24, 2.45) is 11.8 Å². The molecule has 2 bridgehead atoms. The van der Waals surface area contributed by atoms with Crippen molar-refractivity contribution in [3.63, 3.8) is 0 Å². The van der Waals surface area contributed by atoms with Crippen LogP contribution in [0, 0.1) is 11.8 Å². The first-order valence-electron chi connectivity index (χ1n) is 9.93. The van der Waals surface area contributed by atoms with E-state index in [9.17, 15) is 9.59 Å². The lowest BCUT2D eigenvalue weighted by atomic mass is 9.55. The molecule has 4 heteroatoms. The molecule has 0 saturated carbocycles. The first-order valence-corrected chi connectivity index (χ1v) is 10.3. The molecule has 3 aromatic rings. The Morgan fingerprint density at radius 3 is 1.52 bits per heavy atom. The average molecular weight is 400 g/mol. The summed E-state index contributed by atoms with van der Waals surface area (Å²) in [7, 11) is 0. The van der Waals surface area contributed by atoms with Crippen LogP contribution < -0.4 is 0 Å². The lowest BCUT2D eigenvalue weighted by molar-refractivity contribution is -0.140. The summed E-state index contributed by atoms with van der Waals surface area (Å²) in [4.78, 5) is 28.5. The third-order valence-electron chi connectivity index (χ3n) is 6.83. The zero-order valence-electron chi connectivity index (χ0n) is 15.6. The third-order valence-corrected chi connectivity index (χ3v) is 7.19. The molecule has 1 fully saturated rings. The molecule has 142 valence electrons. The van der Waals surface area contributed by atoms with Crippen LogP contribution in [-0.4, -0.2) is 16.7 Å². The normalized spacial score (nSPS) is 26.3. The van der Waals surface area contributed by atoms with E-state index in [4.69, 9.17) is 11.6 Å². The first kappa shape index (κ1) is 17.0. The van der Waals surface area contributed by atoms with Gasteiger partial charge in [0.2, 0.25) is 11.8 Å². The molecule has 0 aromatic heterocycles. The Bertz CT molecular complexity index is 1070. The zero-order valence-corrected chi connectivity index (χ0v) is 16.3. The standard InChI is InChI=1S/C25H18ClNO2/c26-19-12-6-1-7-14(19)13-27-24(28)22-20-15-8-2-3-9-16(15)21(23(22)25(27)29)18-11-5-4-10-17(18)20/h1-12,20-23H,13H2. The predicted molar refractivity (Wildman–Crippen MR) is 111 cm³/mol. The highest BCUT2D eigenvalue weighted by molar-refractivity contribution is 6.31. The van der Waals surface area contributed by atoms with Gasteiger partial charge in [-0.2, -0.15) is 0 Å². The van der Waals surface area contributed by atoms with Gasteiger partial charge in [0.1, 0.15) is 0 Å². The molecule has 1 saturated heterocycles. The number of halogens is 1. The summed E-state index contributed by atoms with van der Waals surface area (Å²) >= 11 is 6.32. The van der Waals surface area contributed by atoms with E-state index >= 15 is 0 Å². The van der Waals surface area contributed by atoms with Crippen molar-refractivity contribution in [1.29, 1.82) is 0 Å². The van der Waals surface area contributed by atoms with Crippen molar-refractivity contribution >= 4 is 23.4 Å². The molecule has 3 aromatic carbocycles. The fourth-order valence-electron chi connectivity index (χ4n) is 5.69. The molecule has 0 N–H and O–H groups in total. The predicted octanol–water partition coefficient (Wildman–Crippen LogP) is 4.73. The smallest absolute Gasteiger partial charge is 0.234 e. The molecular weight excluding hydrogens is 382 g/mol. The summed E-state index contributed by atoms with van der Waals surface area (Å²) in [6.07, 6.45) is 0. The van der Waals surface area contributed by atoms with Crippen LogP contribution in [0.2, 0.25) is 5.02 Å². The molecule has 0 radical (unpaired) electrons. The van der Waals surface area contributed by atoms with Crippen molar-refractivity contribution in [1.82, 2.24) is 4.90 Å². The molecule has 2 unspecified atom stereocenters. The maximum Gasteiger partial charge on any atom is 0.234 e. The molecule has 1 aliphatic heterocycles. The lowest BCUT2D eigenvalue weighted by Gasteiger charge is -2.45. The van der Waals surface area contributed by atoms with E-state index in [2.05, 4.69) is 24.3 Å². The summed E-state index contributed by atoms with van der Waals surface area (Å²) in [5.74, 6) is -0.937. The van der Waals surface area contributed by atoms with Gasteiger partial charge in [-0.15, -0.1) is 0 Å². The number of nitrogens with zero attached hydrogens (tertiary/aromatic N) is 1. The molecule has 2 atom stereocenters. The SMILES string of the molecule is O=C1C2C3c4ccccc4C(c4ccccc43)C2C(=O)N1Cc1ccccc1Cl. The van der Waals surface area contributed by atoms with E-state index in [1.54, 1.807) is 6.07 Å². The van der Waals surface area contributed by atoms with Crippen molar-refractivity contribution in [2.75, 3.05) is 0 Å². The number of hydrogen-bond donors (Lipinski definition) is 0. The van der Waals surface area contributed by atoms with E-state index in [1.165, 1.54) is 27.2 Å². The van der Waals surface area contributed by atoms with Gasteiger partial charge in [0.05, 0.1) is 18.4 Å². The van der Waals surface area contributed by atoms with Crippen molar-refractivity contribution in [2.45, 2.75) is 18.4 Å². The minimum Gasteiger partial charge on any atom is -0.277 e. The minimum absolute atomic E-state index is 0.0647. The van der Waals surface area contributed by atoms with Crippen molar-refractivity contribution in [3.05, 3.63) is 106 Å². The Labute approximate surface area is 173 Å². The van der Waals surface area contributed by atoms with Gasteiger partial charge in [-0.1, -0.05) is 78.3 Å². The van der Waals surface area contributed by atoms with Crippen LogP contribution in [0.4, 0.5) is 0 Å². The molecule has 4 aliphatic rings. The quantitative estimate of drug-likeness (QED) is 0.584. The molecule has 2 amide bonds. The Kier molecular flexibility index (Phi) is 3.54. The summed E-state index contributed by atoms with van der Waals surface area (Å²) in [6.45, 7) is 0.233. The summed E-state index contributed by atoms with van der Waals surface area (Å²) < 4.78 is 0. The molecule has 1 heterocycles. The Morgan fingerprint density at radius 1 is 0.655 bits per heavy atom. The summed E-state index contributed by atoms with van der Waals surface area (Å²) in [6, 6.07) is 24.0. The number of hydrogen-bond acceptors (Lipinski definition) is 2. The van der Waals surface area contributed by atoms with Crippen LogP contribution in [0.25, 0.3) is 0 Å². The number of carbonyl (C=O) groups excluding carboxylic acids is 2. The highest BCUT2D eigenvalue weighted by Gasteiger charge is 2.61. The Balaban J connectivity index is 1.49. The largest absolute Gasteiger partial charge is 0.277 e. The number of benzene rings is 3. The fourth-order valence-corrected chi connectivity index (χ4v) is 5.89. The van der Waals surface area contributed by atoms with Gasteiger partial charge in [-0.3, -0.25) is 14.5 Å². The monoisotopic (exact) mass is 399 g/mol. The molecule has 29 heavy (non-hydrogen) atoms. The lowest BCUT2D eigenvalue weighted by Crippen LogP contribution is -2.41. The molecule has 3 aliphatic carbocycles. The van der Waals surface area contributed by atoms with Gasteiger partial charge in [0.15, 0.2) is 0 Å². The van der Waals surface area contributed by atoms with E-state index < -0.39 is 0 Å². The molecule has 0 spiro atoms. The van der Waals surface area contributed by atoms with E-state index in [0.717, 1.165) is 5.56 Å². The van der Waals surface area contributed by atoms with Crippen LogP contribution in [0.1, 0.15) is 39.7 Å². The minimum atomic E-state index is -0.334. The average Bonchev–Trinajstić information content (AvgIpc) is 3.01. The molecular formula is C25H18ClNO2. The van der Waals surface area contributed by atoms with E-state index in [1.807, 2.05) is 42.5 Å². The van der Waals surface area contributed by atoms with Crippen molar-refractivity contribution in [3.8, 4) is 0 Å². The fraction of sp³-hybridized carbons (Fsp3) is 0.200. The van der Waals surface area contributed by atoms with Crippen molar-refractivity contribution < 1.29 is 9.59 Å². The van der Waals surface area contributed by atoms with Gasteiger partial charge < -0.3 is 0 Å². The first-order chi connectivity index (χ1) is 14.2. The highest BCUT2D eigenvalue weighted by atomic mass is 35.5. The second-order valence-electron chi connectivity index (χ2n) is 8.12. The highest BCUT2D eigenvalue weighted by Crippen LogP contribution is 2.61. The third kappa shape index (κ3) is 2.19. The number of carbonyl (C=O) groups is 2. The maximum absolute atomic E-state index is 13.5. The van der Waals surface area contributed by atoms with Gasteiger partial charge >= 0.3 is 0 Å². The topological polar surface area (TPSA) is 37.4 Å². The summed E-state index contributed by atoms with van der Waals surface area (Å²) in [5, 5.41) is 0.581.